The van der Waals surface area contributed by atoms with E-state index in [2.05, 4.69) is 20.9 Å². The summed E-state index contributed by atoms with van der Waals surface area (Å²) in [7, 11) is 4.97. The predicted octanol–water partition coefficient (Wildman–Crippen LogP) is -0.430. The van der Waals surface area contributed by atoms with E-state index in [0.29, 0.717) is 25.7 Å². The smallest absolute Gasteiger partial charge is 0.227 e. The van der Waals surface area contributed by atoms with Crippen molar-refractivity contribution in [3.63, 3.8) is 0 Å². The van der Waals surface area contributed by atoms with E-state index in [4.69, 9.17) is 4.74 Å². The van der Waals surface area contributed by atoms with Crippen LogP contribution < -0.4 is 16.0 Å². The molecule has 0 fully saturated rings. The highest BCUT2D eigenvalue weighted by Crippen LogP contribution is 2.12. The molecule has 0 aromatic carbocycles. The minimum Gasteiger partial charge on any atom is -0.383 e. The van der Waals surface area contributed by atoms with E-state index in [9.17, 15) is 4.79 Å². The maximum absolute atomic E-state index is 11.6. The number of amides is 1. The number of hydrogen-bond acceptors (Lipinski definition) is 3. The van der Waals surface area contributed by atoms with Gasteiger partial charge in [0.2, 0.25) is 5.91 Å². The number of guanidine groups is 1. The Kier molecular flexibility index (Phi) is 7.29. The molecule has 0 radical (unpaired) electrons. The predicted molar refractivity (Wildman–Crippen MR) is 69.1 cm³/mol. The number of nitrogens with one attached hydrogen (secondary N) is 3. The Bertz CT molecular complexity index is 264. The van der Waals surface area contributed by atoms with Gasteiger partial charge in [-0.2, -0.15) is 0 Å². The van der Waals surface area contributed by atoms with E-state index in [0.717, 1.165) is 0 Å². The SMILES string of the molecule is CN=C(NCCOC)NCC(C)(C)C(=O)NC. The molecule has 6 heteroatoms. The Labute approximate surface area is 103 Å². The first-order valence-electron chi connectivity index (χ1n) is 5.63. The van der Waals surface area contributed by atoms with Crippen LogP contribution in [0.15, 0.2) is 4.99 Å². The van der Waals surface area contributed by atoms with Gasteiger partial charge < -0.3 is 20.7 Å². The van der Waals surface area contributed by atoms with Gasteiger partial charge >= 0.3 is 0 Å². The summed E-state index contributed by atoms with van der Waals surface area (Å²) in [5, 5.41) is 8.83. The first kappa shape index (κ1) is 15.7. The fourth-order valence-corrected chi connectivity index (χ4v) is 1.22. The molecule has 0 rings (SSSR count). The van der Waals surface area contributed by atoms with E-state index < -0.39 is 5.41 Å². The third kappa shape index (κ3) is 6.11. The number of rotatable bonds is 6. The van der Waals surface area contributed by atoms with E-state index in [-0.39, 0.29) is 5.91 Å². The van der Waals surface area contributed by atoms with Crippen LogP contribution in [0.1, 0.15) is 13.8 Å². The highest BCUT2D eigenvalue weighted by atomic mass is 16.5. The molecule has 0 bridgehead atoms. The van der Waals surface area contributed by atoms with Crippen molar-refractivity contribution in [3.8, 4) is 0 Å². The molecule has 0 aromatic heterocycles. The van der Waals surface area contributed by atoms with Crippen molar-refractivity contribution in [3.05, 3.63) is 0 Å². The minimum absolute atomic E-state index is 0.00246. The lowest BCUT2D eigenvalue weighted by atomic mass is 9.92. The van der Waals surface area contributed by atoms with Gasteiger partial charge in [0.15, 0.2) is 5.96 Å². The largest absolute Gasteiger partial charge is 0.383 e. The van der Waals surface area contributed by atoms with Crippen LogP contribution in [-0.2, 0) is 9.53 Å². The molecule has 0 spiro atoms. The van der Waals surface area contributed by atoms with Gasteiger partial charge in [0.25, 0.3) is 0 Å². The summed E-state index contributed by atoms with van der Waals surface area (Å²) in [5.74, 6) is 0.663. The lowest BCUT2D eigenvalue weighted by molar-refractivity contribution is -0.128. The molecule has 0 aliphatic heterocycles. The Balaban J connectivity index is 4.10. The third-order valence-electron chi connectivity index (χ3n) is 2.36. The summed E-state index contributed by atoms with van der Waals surface area (Å²) in [4.78, 5) is 15.6. The molecule has 3 N–H and O–H groups in total. The van der Waals surface area contributed by atoms with Crippen LogP contribution in [0, 0.1) is 5.41 Å². The van der Waals surface area contributed by atoms with Gasteiger partial charge in [-0.1, -0.05) is 0 Å². The van der Waals surface area contributed by atoms with Gasteiger partial charge in [-0.15, -0.1) is 0 Å². The first-order chi connectivity index (χ1) is 7.97. The molecule has 0 aromatic rings. The Hall–Kier alpha value is -1.30. The second kappa shape index (κ2) is 7.89. The zero-order chi connectivity index (χ0) is 13.3. The molecule has 1 amide bonds. The molecule has 0 unspecified atom stereocenters. The number of aliphatic imine (C=N–C) groups is 1. The molecule has 0 saturated carbocycles. The number of hydrogen-bond donors (Lipinski definition) is 3. The van der Waals surface area contributed by atoms with Crippen molar-refractivity contribution >= 4 is 11.9 Å². The summed E-state index contributed by atoms with van der Waals surface area (Å²) in [6, 6.07) is 0. The fraction of sp³-hybridized carbons (Fsp3) is 0.818. The monoisotopic (exact) mass is 244 g/mol. The van der Waals surface area contributed by atoms with Crippen LogP contribution in [0.4, 0.5) is 0 Å². The van der Waals surface area contributed by atoms with Crippen LogP contribution in [0.3, 0.4) is 0 Å². The van der Waals surface area contributed by atoms with Crippen LogP contribution in [-0.4, -0.2) is 52.8 Å². The van der Waals surface area contributed by atoms with Crippen LogP contribution >= 0.6 is 0 Å². The van der Waals surface area contributed by atoms with E-state index >= 15 is 0 Å². The number of nitrogens with zero attached hydrogens (tertiary/aromatic N) is 1. The van der Waals surface area contributed by atoms with Gasteiger partial charge in [-0.3, -0.25) is 9.79 Å². The summed E-state index contributed by atoms with van der Waals surface area (Å²) >= 11 is 0. The van der Waals surface area contributed by atoms with E-state index in [1.54, 1.807) is 21.2 Å². The molecule has 0 atom stereocenters. The second-order valence-corrected chi connectivity index (χ2v) is 4.31. The molecular weight excluding hydrogens is 220 g/mol. The summed E-state index contributed by atoms with van der Waals surface area (Å²) in [6.45, 7) is 5.55. The lowest BCUT2D eigenvalue weighted by Crippen LogP contribution is -2.47. The topological polar surface area (TPSA) is 74.8 Å². The average molecular weight is 244 g/mol. The molecule has 0 aliphatic carbocycles. The normalized spacial score (nSPS) is 12.2. The number of methoxy groups -OCH3 is 1. The van der Waals surface area contributed by atoms with Gasteiger partial charge in [-0.25, -0.2) is 0 Å². The van der Waals surface area contributed by atoms with Crippen LogP contribution in [0.5, 0.6) is 0 Å². The Morgan fingerprint density at radius 1 is 1.35 bits per heavy atom. The number of carbonyl (C=O) groups excluding carboxylic acids is 1. The minimum atomic E-state index is -0.479. The number of ether oxygens (including phenoxy) is 1. The van der Waals surface area contributed by atoms with Crippen molar-refractivity contribution in [2.24, 2.45) is 10.4 Å². The molecule has 0 aliphatic rings. The molecule has 0 heterocycles. The first-order valence-corrected chi connectivity index (χ1v) is 5.63. The zero-order valence-corrected chi connectivity index (χ0v) is 11.4. The average Bonchev–Trinajstić information content (AvgIpc) is 2.32. The summed E-state index contributed by atoms with van der Waals surface area (Å²) < 4.78 is 4.93. The Morgan fingerprint density at radius 2 is 2.00 bits per heavy atom. The van der Waals surface area contributed by atoms with Crippen molar-refractivity contribution in [1.82, 2.24) is 16.0 Å². The summed E-state index contributed by atoms with van der Waals surface area (Å²) in [6.07, 6.45) is 0. The maximum Gasteiger partial charge on any atom is 0.227 e. The maximum atomic E-state index is 11.6. The quantitative estimate of drug-likeness (QED) is 0.337. The van der Waals surface area contributed by atoms with Crippen molar-refractivity contribution in [2.45, 2.75) is 13.8 Å². The Morgan fingerprint density at radius 3 is 2.47 bits per heavy atom. The molecule has 0 saturated heterocycles. The molecular formula is C11H24N4O2. The number of carbonyl (C=O) groups is 1. The van der Waals surface area contributed by atoms with Gasteiger partial charge in [-0.05, 0) is 13.8 Å². The summed E-state index contributed by atoms with van der Waals surface area (Å²) in [5.41, 5.74) is -0.479. The van der Waals surface area contributed by atoms with E-state index in [1.807, 2.05) is 13.8 Å². The van der Waals surface area contributed by atoms with Crippen molar-refractivity contribution < 1.29 is 9.53 Å². The molecule has 100 valence electrons. The standard InChI is InChI=1S/C11H24N4O2/c1-11(2,9(16)12-3)8-15-10(13-4)14-6-7-17-5/h6-8H2,1-5H3,(H,12,16)(H2,13,14,15). The van der Waals surface area contributed by atoms with Gasteiger partial charge in [0, 0.05) is 34.3 Å². The highest BCUT2D eigenvalue weighted by Gasteiger charge is 2.26. The zero-order valence-electron chi connectivity index (χ0n) is 11.4. The van der Waals surface area contributed by atoms with Crippen molar-refractivity contribution in [2.75, 3.05) is 40.9 Å². The van der Waals surface area contributed by atoms with Gasteiger partial charge in [0.05, 0.1) is 12.0 Å². The fourth-order valence-electron chi connectivity index (χ4n) is 1.22. The molecule has 6 nitrogen and oxygen atoms in total. The van der Waals surface area contributed by atoms with Gasteiger partial charge in [0.1, 0.15) is 0 Å². The van der Waals surface area contributed by atoms with Crippen LogP contribution in [0.25, 0.3) is 0 Å². The lowest BCUT2D eigenvalue weighted by Gasteiger charge is -2.24. The third-order valence-corrected chi connectivity index (χ3v) is 2.36. The van der Waals surface area contributed by atoms with E-state index in [1.165, 1.54) is 0 Å². The highest BCUT2D eigenvalue weighted by molar-refractivity contribution is 5.84. The van der Waals surface area contributed by atoms with Crippen LogP contribution in [0.2, 0.25) is 0 Å². The van der Waals surface area contributed by atoms with Crippen molar-refractivity contribution in [1.29, 1.82) is 0 Å². The second-order valence-electron chi connectivity index (χ2n) is 4.31. The molecule has 17 heavy (non-hydrogen) atoms.